The Labute approximate surface area is 191 Å². The number of nitrogens with zero attached hydrogens (tertiary/aromatic N) is 2. The highest BCUT2D eigenvalue weighted by atomic mass is 79.9. The van der Waals surface area contributed by atoms with Crippen LogP contribution in [0, 0.1) is 0 Å². The Morgan fingerprint density at radius 1 is 0.600 bits per heavy atom. The summed E-state index contributed by atoms with van der Waals surface area (Å²) < 4.78 is 2.12. The topological polar surface area (TPSA) is 31.9 Å². The van der Waals surface area contributed by atoms with Crippen LogP contribution in [0.5, 0.6) is 0 Å². The van der Waals surface area contributed by atoms with E-state index in [9.17, 15) is 0 Å². The molecule has 5 rings (SSSR count). The van der Waals surface area contributed by atoms with Gasteiger partial charge in [-0.05, 0) is 84.9 Å². The summed E-state index contributed by atoms with van der Waals surface area (Å²) in [5, 5.41) is 0. The molecule has 146 valence electrons. The molecule has 0 aliphatic carbocycles. The van der Waals surface area contributed by atoms with Crippen LogP contribution in [0.1, 0.15) is 0 Å². The van der Waals surface area contributed by atoms with Gasteiger partial charge in [0.25, 0.3) is 0 Å². The molecule has 1 aromatic heterocycles. The van der Waals surface area contributed by atoms with Crippen molar-refractivity contribution in [3.63, 3.8) is 0 Å². The monoisotopic (exact) mass is 517 g/mol. The highest BCUT2D eigenvalue weighted by Gasteiger charge is 2.13. The Kier molecular flexibility index (Phi) is 5.15. The third-order valence-corrected chi connectivity index (χ3v) is 6.02. The minimum Gasteiger partial charge on any atom is -0.338 e. The first-order valence-electron chi connectivity index (χ1n) is 9.54. The fourth-order valence-corrected chi connectivity index (χ4v) is 4.01. The predicted octanol–water partition coefficient (Wildman–Crippen LogP) is 8.22. The highest BCUT2D eigenvalue weighted by Crippen LogP contribution is 2.36. The maximum absolute atomic E-state index is 4.71. The van der Waals surface area contributed by atoms with Crippen molar-refractivity contribution in [2.24, 2.45) is 0 Å². The normalized spacial score (nSPS) is 11.0. The van der Waals surface area contributed by atoms with E-state index in [1.54, 1.807) is 0 Å². The molecule has 0 aliphatic rings. The van der Waals surface area contributed by atoms with Crippen LogP contribution in [0.15, 0.2) is 106 Å². The van der Waals surface area contributed by atoms with Crippen molar-refractivity contribution in [3.05, 3.63) is 106 Å². The van der Waals surface area contributed by atoms with Crippen molar-refractivity contribution in [1.82, 2.24) is 9.97 Å². The van der Waals surface area contributed by atoms with E-state index in [1.165, 1.54) is 0 Å². The summed E-state index contributed by atoms with van der Waals surface area (Å²) in [6, 6.07) is 33.2. The molecule has 3 nitrogen and oxygen atoms in total. The number of para-hydroxylation sites is 2. The molecular weight excluding hydrogens is 502 g/mol. The lowest BCUT2D eigenvalue weighted by atomic mass is 10.1. The summed E-state index contributed by atoms with van der Waals surface area (Å²) in [5.41, 5.74) is 6.35. The first-order chi connectivity index (χ1) is 14.7. The van der Waals surface area contributed by atoms with Crippen molar-refractivity contribution in [2.45, 2.75) is 0 Å². The van der Waals surface area contributed by atoms with Gasteiger partial charge in [0.15, 0.2) is 0 Å². The largest absolute Gasteiger partial charge is 0.338 e. The Morgan fingerprint density at radius 3 is 1.63 bits per heavy atom. The van der Waals surface area contributed by atoms with Crippen molar-refractivity contribution >= 4 is 60.0 Å². The second kappa shape index (κ2) is 8.09. The zero-order valence-electron chi connectivity index (χ0n) is 15.9. The molecule has 0 amide bonds. The second-order valence-electron chi connectivity index (χ2n) is 6.94. The van der Waals surface area contributed by atoms with Crippen LogP contribution >= 0.6 is 31.9 Å². The van der Waals surface area contributed by atoms with Gasteiger partial charge in [-0.25, -0.2) is 4.98 Å². The van der Waals surface area contributed by atoms with Gasteiger partial charge in [-0.3, -0.25) is 0 Å². The maximum Gasteiger partial charge on any atom is 0.138 e. The van der Waals surface area contributed by atoms with Crippen LogP contribution < -0.4 is 4.90 Å². The number of aromatic amines is 1. The van der Waals surface area contributed by atoms with E-state index in [1.807, 2.05) is 24.3 Å². The fourth-order valence-electron chi connectivity index (χ4n) is 3.49. The van der Waals surface area contributed by atoms with Crippen LogP contribution in [-0.4, -0.2) is 9.97 Å². The van der Waals surface area contributed by atoms with Gasteiger partial charge in [-0.2, -0.15) is 0 Å². The molecule has 0 atom stereocenters. The van der Waals surface area contributed by atoms with Gasteiger partial charge < -0.3 is 9.88 Å². The summed E-state index contributed by atoms with van der Waals surface area (Å²) in [6.45, 7) is 0. The number of fused-ring (bicyclic) bond motifs is 1. The van der Waals surface area contributed by atoms with Gasteiger partial charge in [-0.15, -0.1) is 0 Å². The van der Waals surface area contributed by atoms with E-state index < -0.39 is 0 Å². The average molecular weight is 519 g/mol. The van der Waals surface area contributed by atoms with Crippen molar-refractivity contribution in [2.75, 3.05) is 4.90 Å². The smallest absolute Gasteiger partial charge is 0.138 e. The van der Waals surface area contributed by atoms with E-state index in [2.05, 4.69) is 115 Å². The number of halogens is 2. The number of hydrogen-bond acceptors (Lipinski definition) is 2. The Bertz CT molecular complexity index is 1210. The zero-order chi connectivity index (χ0) is 20.5. The molecule has 0 unspecified atom stereocenters. The predicted molar refractivity (Wildman–Crippen MR) is 132 cm³/mol. The fraction of sp³-hybridized carbons (Fsp3) is 0. The summed E-state index contributed by atoms with van der Waals surface area (Å²) in [5.74, 6) is 0.876. The minimum atomic E-state index is 0.876. The van der Waals surface area contributed by atoms with E-state index in [0.29, 0.717) is 0 Å². The third kappa shape index (κ3) is 3.78. The molecule has 4 aromatic carbocycles. The average Bonchev–Trinajstić information content (AvgIpc) is 3.21. The Balaban J connectivity index is 1.55. The number of benzene rings is 4. The maximum atomic E-state index is 4.71. The van der Waals surface area contributed by atoms with Crippen LogP contribution in [0.4, 0.5) is 17.1 Å². The number of anilines is 3. The quantitative estimate of drug-likeness (QED) is 0.260. The Morgan fingerprint density at radius 2 is 1.10 bits per heavy atom. The van der Waals surface area contributed by atoms with E-state index in [0.717, 1.165) is 48.4 Å². The minimum absolute atomic E-state index is 0.876. The first kappa shape index (κ1) is 19.1. The summed E-state index contributed by atoms with van der Waals surface area (Å²) in [6.07, 6.45) is 0. The summed E-state index contributed by atoms with van der Waals surface area (Å²) in [7, 11) is 0. The van der Waals surface area contributed by atoms with Crippen LogP contribution in [0.3, 0.4) is 0 Å². The summed E-state index contributed by atoms with van der Waals surface area (Å²) in [4.78, 5) is 10.4. The third-order valence-electron chi connectivity index (χ3n) is 4.96. The number of rotatable bonds is 4. The van der Waals surface area contributed by atoms with Gasteiger partial charge in [0.2, 0.25) is 0 Å². The lowest BCUT2D eigenvalue weighted by molar-refractivity contribution is 1.27. The lowest BCUT2D eigenvalue weighted by Gasteiger charge is -2.25. The van der Waals surface area contributed by atoms with Crippen molar-refractivity contribution in [3.8, 4) is 11.4 Å². The van der Waals surface area contributed by atoms with Crippen LogP contribution in [-0.2, 0) is 0 Å². The molecule has 0 radical (unpaired) electrons. The molecule has 1 heterocycles. The number of H-pyrrole nitrogens is 1. The van der Waals surface area contributed by atoms with Gasteiger partial charge >= 0.3 is 0 Å². The standard InChI is InChI=1S/C25H17Br2N3/c26-18-7-13-21(14-8-18)30(22-15-9-19(27)10-16-22)20-11-5-17(6-12-20)25-28-23-3-1-2-4-24(23)29-25/h1-16H,(H,28,29). The number of hydrogen-bond donors (Lipinski definition) is 1. The van der Waals surface area contributed by atoms with E-state index >= 15 is 0 Å². The molecule has 0 saturated carbocycles. The second-order valence-corrected chi connectivity index (χ2v) is 8.77. The molecule has 5 aromatic rings. The molecule has 5 heteroatoms. The number of aromatic nitrogens is 2. The summed E-state index contributed by atoms with van der Waals surface area (Å²) >= 11 is 7.06. The molecular formula is C25H17Br2N3. The number of imidazole rings is 1. The van der Waals surface area contributed by atoms with E-state index in [-0.39, 0.29) is 0 Å². The molecule has 0 bridgehead atoms. The molecule has 0 saturated heterocycles. The van der Waals surface area contributed by atoms with Gasteiger partial charge in [0.05, 0.1) is 11.0 Å². The SMILES string of the molecule is Brc1ccc(N(c2ccc(Br)cc2)c2ccc(-c3nc4ccccc4[nH]3)cc2)cc1. The molecule has 1 N–H and O–H groups in total. The number of nitrogens with one attached hydrogen (secondary N) is 1. The Hall–Kier alpha value is -2.89. The first-order valence-corrected chi connectivity index (χ1v) is 11.1. The van der Waals surface area contributed by atoms with Crippen LogP contribution in [0.25, 0.3) is 22.4 Å². The lowest BCUT2D eigenvalue weighted by Crippen LogP contribution is -2.09. The highest BCUT2D eigenvalue weighted by molar-refractivity contribution is 9.10. The van der Waals surface area contributed by atoms with Crippen molar-refractivity contribution in [1.29, 1.82) is 0 Å². The van der Waals surface area contributed by atoms with Gasteiger partial charge in [-0.1, -0.05) is 44.0 Å². The van der Waals surface area contributed by atoms with Gasteiger partial charge in [0.1, 0.15) is 5.82 Å². The van der Waals surface area contributed by atoms with Crippen molar-refractivity contribution < 1.29 is 0 Å². The molecule has 30 heavy (non-hydrogen) atoms. The zero-order valence-corrected chi connectivity index (χ0v) is 19.1. The molecule has 0 spiro atoms. The van der Waals surface area contributed by atoms with E-state index in [4.69, 9.17) is 4.98 Å². The van der Waals surface area contributed by atoms with Gasteiger partial charge in [0, 0.05) is 31.6 Å². The molecule has 0 aliphatic heterocycles. The molecule has 0 fully saturated rings. The van der Waals surface area contributed by atoms with Crippen LogP contribution in [0.2, 0.25) is 0 Å².